The van der Waals surface area contributed by atoms with Gasteiger partial charge in [-0.05, 0) is 38.1 Å². The summed E-state index contributed by atoms with van der Waals surface area (Å²) in [4.78, 5) is 7.11. The van der Waals surface area contributed by atoms with Crippen molar-refractivity contribution in [2.24, 2.45) is 0 Å². The van der Waals surface area contributed by atoms with E-state index >= 15 is 0 Å². The van der Waals surface area contributed by atoms with Gasteiger partial charge in [-0.25, -0.2) is 4.98 Å². The third kappa shape index (κ3) is 3.14. The molecule has 1 N–H and O–H groups in total. The van der Waals surface area contributed by atoms with Crippen molar-refractivity contribution >= 4 is 17.2 Å². The maximum Gasteiger partial charge on any atom is 0.137 e. The van der Waals surface area contributed by atoms with Gasteiger partial charge in [-0.2, -0.15) is 0 Å². The fourth-order valence-corrected chi connectivity index (χ4v) is 3.02. The second-order valence-electron chi connectivity index (χ2n) is 5.47. The van der Waals surface area contributed by atoms with Crippen LogP contribution in [0.5, 0.6) is 0 Å². The molecule has 0 saturated carbocycles. The van der Waals surface area contributed by atoms with Gasteiger partial charge in [-0.1, -0.05) is 18.5 Å². The zero-order chi connectivity index (χ0) is 13.9. The molecule has 5 heteroatoms. The molecule has 4 nitrogen and oxygen atoms in total. The van der Waals surface area contributed by atoms with Crippen molar-refractivity contribution in [2.45, 2.75) is 32.4 Å². The highest BCUT2D eigenvalue weighted by Gasteiger charge is 2.17. The zero-order valence-electron chi connectivity index (χ0n) is 11.8. The highest BCUT2D eigenvalue weighted by atomic mass is 35.5. The molecule has 0 spiro atoms. The lowest BCUT2D eigenvalue weighted by molar-refractivity contribution is 0.251. The molecule has 0 amide bonds. The van der Waals surface area contributed by atoms with Crippen LogP contribution >= 0.6 is 11.6 Å². The summed E-state index contributed by atoms with van der Waals surface area (Å²) in [7, 11) is 0. The van der Waals surface area contributed by atoms with Crippen LogP contribution < -0.4 is 5.32 Å². The first-order chi connectivity index (χ1) is 9.74. The maximum atomic E-state index is 6.01. The molecule has 0 radical (unpaired) electrons. The molecule has 3 rings (SSSR count). The number of likely N-dealkylation sites (N-methyl/N-ethyl adjacent to an activating group) is 1. The summed E-state index contributed by atoms with van der Waals surface area (Å²) in [6, 6.07) is 4.48. The second kappa shape index (κ2) is 6.12. The van der Waals surface area contributed by atoms with Crippen molar-refractivity contribution < 1.29 is 0 Å². The molecule has 3 heterocycles. The molecule has 1 fully saturated rings. The molecule has 2 aromatic rings. The van der Waals surface area contributed by atoms with E-state index in [0.29, 0.717) is 6.04 Å². The molecular formula is C15H21ClN4. The van der Waals surface area contributed by atoms with Crippen LogP contribution in [0.3, 0.4) is 0 Å². The van der Waals surface area contributed by atoms with Crippen molar-refractivity contribution in [2.75, 3.05) is 19.6 Å². The summed E-state index contributed by atoms with van der Waals surface area (Å²) >= 11 is 6.01. The van der Waals surface area contributed by atoms with Crippen LogP contribution in [0.4, 0.5) is 0 Å². The molecular weight excluding hydrogens is 272 g/mol. The topological polar surface area (TPSA) is 32.6 Å². The van der Waals surface area contributed by atoms with Crippen LogP contribution in [0.2, 0.25) is 5.02 Å². The number of pyridine rings is 1. The van der Waals surface area contributed by atoms with E-state index in [-0.39, 0.29) is 0 Å². The van der Waals surface area contributed by atoms with Gasteiger partial charge in [0.25, 0.3) is 0 Å². The lowest BCUT2D eigenvalue weighted by Crippen LogP contribution is -2.37. The Kier molecular flexibility index (Phi) is 4.24. The van der Waals surface area contributed by atoms with Gasteiger partial charge in [0, 0.05) is 31.5 Å². The minimum Gasteiger partial charge on any atom is -0.313 e. The number of halogens is 1. The number of imidazole rings is 1. The summed E-state index contributed by atoms with van der Waals surface area (Å²) < 4.78 is 2.00. The van der Waals surface area contributed by atoms with Gasteiger partial charge in [0.15, 0.2) is 0 Å². The number of rotatable bonds is 5. The molecule has 1 atom stereocenters. The van der Waals surface area contributed by atoms with Gasteiger partial charge in [-0.15, -0.1) is 0 Å². The predicted octanol–water partition coefficient (Wildman–Crippen LogP) is 2.56. The molecule has 1 saturated heterocycles. The minimum atomic E-state index is 0.640. The van der Waals surface area contributed by atoms with Gasteiger partial charge in [0.05, 0.1) is 10.7 Å². The van der Waals surface area contributed by atoms with E-state index in [1.807, 2.05) is 22.7 Å². The van der Waals surface area contributed by atoms with Crippen LogP contribution in [0.25, 0.3) is 5.65 Å². The summed E-state index contributed by atoms with van der Waals surface area (Å²) in [5, 5.41) is 4.30. The standard InChI is InChI=1S/C15H21ClN4/c1-2-19(9-13-4-3-7-17-13)10-14-11-20-8-12(16)5-6-15(20)18-14/h5-6,8,11,13,17H,2-4,7,9-10H2,1H3. The Bertz CT molecular complexity index is 574. The second-order valence-corrected chi connectivity index (χ2v) is 5.90. The lowest BCUT2D eigenvalue weighted by atomic mass is 10.2. The van der Waals surface area contributed by atoms with Gasteiger partial charge < -0.3 is 9.72 Å². The molecule has 0 aliphatic carbocycles. The Morgan fingerprint density at radius 1 is 1.45 bits per heavy atom. The summed E-state index contributed by atoms with van der Waals surface area (Å²) in [5.41, 5.74) is 2.06. The smallest absolute Gasteiger partial charge is 0.137 e. The molecule has 2 aromatic heterocycles. The van der Waals surface area contributed by atoms with Crippen molar-refractivity contribution in [3.63, 3.8) is 0 Å². The Hall–Kier alpha value is -1.10. The van der Waals surface area contributed by atoms with Gasteiger partial charge >= 0.3 is 0 Å². The van der Waals surface area contributed by atoms with Crippen LogP contribution in [-0.4, -0.2) is 40.0 Å². The summed E-state index contributed by atoms with van der Waals surface area (Å²) in [6.07, 6.45) is 6.57. The fraction of sp³-hybridized carbons (Fsp3) is 0.533. The van der Waals surface area contributed by atoms with Crippen molar-refractivity contribution in [3.05, 3.63) is 35.2 Å². The number of aromatic nitrogens is 2. The van der Waals surface area contributed by atoms with Gasteiger partial charge in [-0.3, -0.25) is 4.90 Å². The van der Waals surface area contributed by atoms with Crippen molar-refractivity contribution in [1.82, 2.24) is 19.6 Å². The molecule has 1 aliphatic heterocycles. The third-order valence-corrected chi connectivity index (χ3v) is 4.16. The van der Waals surface area contributed by atoms with Gasteiger partial charge in [0.1, 0.15) is 5.65 Å². The molecule has 108 valence electrons. The number of hydrogen-bond acceptors (Lipinski definition) is 3. The highest BCUT2D eigenvalue weighted by Crippen LogP contribution is 2.14. The Morgan fingerprint density at radius 3 is 3.10 bits per heavy atom. The molecule has 20 heavy (non-hydrogen) atoms. The van der Waals surface area contributed by atoms with E-state index in [4.69, 9.17) is 11.6 Å². The van der Waals surface area contributed by atoms with E-state index < -0.39 is 0 Å². The predicted molar refractivity (Wildman–Crippen MR) is 82.2 cm³/mol. The number of hydrogen-bond donors (Lipinski definition) is 1. The van der Waals surface area contributed by atoms with Crippen molar-refractivity contribution in [1.29, 1.82) is 0 Å². The number of nitrogens with zero attached hydrogens (tertiary/aromatic N) is 3. The Balaban J connectivity index is 1.69. The zero-order valence-corrected chi connectivity index (χ0v) is 12.6. The molecule has 1 unspecified atom stereocenters. The van der Waals surface area contributed by atoms with Gasteiger partial charge in [0.2, 0.25) is 0 Å². The van der Waals surface area contributed by atoms with Crippen molar-refractivity contribution in [3.8, 4) is 0 Å². The van der Waals surface area contributed by atoms with E-state index in [1.54, 1.807) is 0 Å². The van der Waals surface area contributed by atoms with Crippen LogP contribution in [0.1, 0.15) is 25.5 Å². The Morgan fingerprint density at radius 2 is 2.35 bits per heavy atom. The first-order valence-corrected chi connectivity index (χ1v) is 7.71. The minimum absolute atomic E-state index is 0.640. The van der Waals surface area contributed by atoms with E-state index in [0.717, 1.165) is 42.5 Å². The lowest BCUT2D eigenvalue weighted by Gasteiger charge is -2.23. The quantitative estimate of drug-likeness (QED) is 0.919. The monoisotopic (exact) mass is 292 g/mol. The maximum absolute atomic E-state index is 6.01. The largest absolute Gasteiger partial charge is 0.313 e. The summed E-state index contributed by atoms with van der Waals surface area (Å²) in [5.74, 6) is 0. The number of fused-ring (bicyclic) bond motifs is 1. The first kappa shape index (κ1) is 13.9. The van der Waals surface area contributed by atoms with E-state index in [9.17, 15) is 0 Å². The Labute approximate surface area is 124 Å². The average Bonchev–Trinajstić information content (AvgIpc) is 3.06. The highest BCUT2D eigenvalue weighted by molar-refractivity contribution is 6.30. The van der Waals surface area contributed by atoms with E-state index in [1.165, 1.54) is 12.8 Å². The average molecular weight is 293 g/mol. The summed E-state index contributed by atoms with van der Waals surface area (Å²) in [6.45, 7) is 6.42. The van der Waals surface area contributed by atoms with Crippen LogP contribution in [0, 0.1) is 0 Å². The fourth-order valence-electron chi connectivity index (χ4n) is 2.85. The SMILES string of the molecule is CCN(Cc1cn2cc(Cl)ccc2n1)CC1CCCN1. The number of nitrogens with one attached hydrogen (secondary N) is 1. The molecule has 1 aliphatic rings. The van der Waals surface area contributed by atoms with Crippen LogP contribution in [-0.2, 0) is 6.54 Å². The third-order valence-electron chi connectivity index (χ3n) is 3.94. The molecule has 0 aromatic carbocycles. The van der Waals surface area contributed by atoms with E-state index in [2.05, 4.69) is 28.3 Å². The first-order valence-electron chi connectivity index (χ1n) is 7.33. The van der Waals surface area contributed by atoms with Crippen LogP contribution in [0.15, 0.2) is 24.5 Å². The normalized spacial score (nSPS) is 19.2. The molecule has 0 bridgehead atoms.